The Bertz CT molecular complexity index is 314. The average molecular weight is 236 g/mol. The van der Waals surface area contributed by atoms with Gasteiger partial charge in [0.1, 0.15) is 0 Å². The number of nitrogens with zero attached hydrogens (tertiary/aromatic N) is 1. The van der Waals surface area contributed by atoms with E-state index < -0.39 is 0 Å². The Balaban J connectivity index is 2.02. The number of pyridine rings is 1. The molecule has 0 amide bonds. The lowest BCUT2D eigenvalue weighted by Gasteiger charge is -2.05. The zero-order valence-corrected chi connectivity index (χ0v) is 10.3. The molecule has 1 aromatic rings. The van der Waals surface area contributed by atoms with Gasteiger partial charge in [-0.15, -0.1) is 0 Å². The molecule has 0 aliphatic carbocycles. The van der Waals surface area contributed by atoms with Gasteiger partial charge in [-0.05, 0) is 31.0 Å². The zero-order chi connectivity index (χ0) is 12.3. The first kappa shape index (κ1) is 13.6. The second kappa shape index (κ2) is 8.70. The average Bonchev–Trinajstić information content (AvgIpc) is 2.36. The first-order chi connectivity index (χ1) is 8.33. The van der Waals surface area contributed by atoms with Gasteiger partial charge in [0.2, 0.25) is 0 Å². The Hall–Kier alpha value is -1.42. The number of carbonyl (C=O) groups is 1. The SMILES string of the molecule is CCCCOC(=O)CNCCc1cccnc1. The number of aromatic nitrogens is 1. The van der Waals surface area contributed by atoms with Crippen LogP contribution in [-0.2, 0) is 16.0 Å². The van der Waals surface area contributed by atoms with Gasteiger partial charge in [-0.1, -0.05) is 19.4 Å². The van der Waals surface area contributed by atoms with E-state index in [2.05, 4.69) is 17.2 Å². The van der Waals surface area contributed by atoms with E-state index >= 15 is 0 Å². The number of nitrogens with one attached hydrogen (secondary N) is 1. The Labute approximate surface area is 102 Å². The second-order valence-corrected chi connectivity index (χ2v) is 3.86. The molecular weight excluding hydrogens is 216 g/mol. The molecular formula is C13H20N2O2. The Morgan fingerprint density at radius 3 is 3.12 bits per heavy atom. The second-order valence-electron chi connectivity index (χ2n) is 3.86. The molecule has 94 valence electrons. The van der Waals surface area contributed by atoms with Crippen LogP contribution >= 0.6 is 0 Å². The van der Waals surface area contributed by atoms with Crippen molar-refractivity contribution in [2.75, 3.05) is 19.7 Å². The molecule has 0 aliphatic rings. The largest absolute Gasteiger partial charge is 0.465 e. The van der Waals surface area contributed by atoms with Crippen molar-refractivity contribution < 1.29 is 9.53 Å². The highest BCUT2D eigenvalue weighted by Gasteiger charge is 2.01. The van der Waals surface area contributed by atoms with E-state index in [9.17, 15) is 4.79 Å². The highest BCUT2D eigenvalue weighted by molar-refractivity contribution is 5.71. The van der Waals surface area contributed by atoms with Crippen LogP contribution in [0.15, 0.2) is 24.5 Å². The molecule has 4 heteroatoms. The first-order valence-corrected chi connectivity index (χ1v) is 6.08. The van der Waals surface area contributed by atoms with Gasteiger partial charge in [0.25, 0.3) is 0 Å². The van der Waals surface area contributed by atoms with Gasteiger partial charge >= 0.3 is 5.97 Å². The van der Waals surface area contributed by atoms with E-state index in [4.69, 9.17) is 4.74 Å². The van der Waals surface area contributed by atoms with E-state index in [-0.39, 0.29) is 12.5 Å². The van der Waals surface area contributed by atoms with Crippen molar-refractivity contribution in [2.45, 2.75) is 26.2 Å². The Kier molecular flexibility index (Phi) is 6.98. The molecule has 1 heterocycles. The fourth-order valence-electron chi connectivity index (χ4n) is 1.35. The maximum Gasteiger partial charge on any atom is 0.319 e. The van der Waals surface area contributed by atoms with E-state index in [0.29, 0.717) is 6.61 Å². The van der Waals surface area contributed by atoms with Crippen molar-refractivity contribution in [3.8, 4) is 0 Å². The minimum absolute atomic E-state index is 0.176. The zero-order valence-electron chi connectivity index (χ0n) is 10.3. The number of hydrogen-bond acceptors (Lipinski definition) is 4. The van der Waals surface area contributed by atoms with E-state index in [1.807, 2.05) is 18.3 Å². The van der Waals surface area contributed by atoms with Gasteiger partial charge in [-0.2, -0.15) is 0 Å². The van der Waals surface area contributed by atoms with Gasteiger partial charge in [-0.25, -0.2) is 0 Å². The molecule has 0 bridgehead atoms. The van der Waals surface area contributed by atoms with Crippen LogP contribution < -0.4 is 5.32 Å². The van der Waals surface area contributed by atoms with Crippen molar-refractivity contribution >= 4 is 5.97 Å². The summed E-state index contributed by atoms with van der Waals surface area (Å²) in [5.41, 5.74) is 1.17. The first-order valence-electron chi connectivity index (χ1n) is 6.08. The predicted octanol–water partition coefficient (Wildman–Crippen LogP) is 1.56. The summed E-state index contributed by atoms with van der Waals surface area (Å²) < 4.78 is 5.02. The quantitative estimate of drug-likeness (QED) is 0.549. The minimum atomic E-state index is -0.176. The van der Waals surface area contributed by atoms with Crippen LogP contribution in [0.25, 0.3) is 0 Å². The van der Waals surface area contributed by atoms with Crippen molar-refractivity contribution in [1.82, 2.24) is 10.3 Å². The summed E-state index contributed by atoms with van der Waals surface area (Å²) in [6, 6.07) is 3.93. The lowest BCUT2D eigenvalue weighted by atomic mass is 10.2. The molecule has 0 spiro atoms. The molecule has 0 atom stereocenters. The van der Waals surface area contributed by atoms with Crippen LogP contribution in [0.2, 0.25) is 0 Å². The Morgan fingerprint density at radius 1 is 1.53 bits per heavy atom. The van der Waals surface area contributed by atoms with Gasteiger partial charge < -0.3 is 10.1 Å². The summed E-state index contributed by atoms with van der Waals surface area (Å²) in [7, 11) is 0. The van der Waals surface area contributed by atoms with Crippen molar-refractivity contribution in [1.29, 1.82) is 0 Å². The number of carbonyl (C=O) groups excluding carboxylic acids is 1. The van der Waals surface area contributed by atoms with Crippen molar-refractivity contribution in [2.24, 2.45) is 0 Å². The summed E-state index contributed by atoms with van der Waals surface area (Å²) in [6.07, 6.45) is 6.43. The standard InChI is InChI=1S/C13H20N2O2/c1-2-3-9-17-13(16)11-15-8-6-12-5-4-7-14-10-12/h4-5,7,10,15H,2-3,6,8-9,11H2,1H3. The molecule has 1 N–H and O–H groups in total. The summed E-state index contributed by atoms with van der Waals surface area (Å²) in [4.78, 5) is 15.3. The molecule has 0 aromatic carbocycles. The van der Waals surface area contributed by atoms with Crippen LogP contribution in [0.1, 0.15) is 25.3 Å². The topological polar surface area (TPSA) is 51.2 Å². The number of ether oxygens (including phenoxy) is 1. The Morgan fingerprint density at radius 2 is 2.41 bits per heavy atom. The molecule has 0 aliphatic heterocycles. The van der Waals surface area contributed by atoms with Crippen molar-refractivity contribution in [3.63, 3.8) is 0 Å². The van der Waals surface area contributed by atoms with Gasteiger partial charge in [0.05, 0.1) is 13.2 Å². The fourth-order valence-corrected chi connectivity index (χ4v) is 1.35. The summed E-state index contributed by atoms with van der Waals surface area (Å²) in [5, 5.41) is 3.06. The molecule has 1 rings (SSSR count). The third-order valence-corrected chi connectivity index (χ3v) is 2.34. The summed E-state index contributed by atoms with van der Waals surface area (Å²) in [5.74, 6) is -0.176. The lowest BCUT2D eigenvalue weighted by Crippen LogP contribution is -2.26. The van der Waals surface area contributed by atoms with Crippen molar-refractivity contribution in [3.05, 3.63) is 30.1 Å². The molecule has 17 heavy (non-hydrogen) atoms. The number of hydrogen-bond donors (Lipinski definition) is 1. The van der Waals surface area contributed by atoms with Gasteiger partial charge in [0.15, 0.2) is 0 Å². The maximum atomic E-state index is 11.2. The molecule has 1 aromatic heterocycles. The van der Waals surface area contributed by atoms with Crippen LogP contribution in [0.4, 0.5) is 0 Å². The van der Waals surface area contributed by atoms with Crippen LogP contribution in [0.3, 0.4) is 0 Å². The lowest BCUT2D eigenvalue weighted by molar-refractivity contribution is -0.142. The monoisotopic (exact) mass is 236 g/mol. The molecule has 0 saturated carbocycles. The van der Waals surface area contributed by atoms with E-state index in [1.54, 1.807) is 6.20 Å². The third-order valence-electron chi connectivity index (χ3n) is 2.34. The minimum Gasteiger partial charge on any atom is -0.465 e. The molecule has 0 radical (unpaired) electrons. The van der Waals surface area contributed by atoms with Crippen LogP contribution in [0, 0.1) is 0 Å². The number of rotatable bonds is 8. The van der Waals surface area contributed by atoms with Gasteiger partial charge in [-0.3, -0.25) is 9.78 Å². The fraction of sp³-hybridized carbons (Fsp3) is 0.538. The van der Waals surface area contributed by atoms with Crippen LogP contribution in [-0.4, -0.2) is 30.6 Å². The number of esters is 1. The van der Waals surface area contributed by atoms with Crippen LogP contribution in [0.5, 0.6) is 0 Å². The third kappa shape index (κ3) is 6.68. The highest BCUT2D eigenvalue weighted by atomic mass is 16.5. The van der Waals surface area contributed by atoms with Gasteiger partial charge in [0, 0.05) is 12.4 Å². The predicted molar refractivity (Wildman–Crippen MR) is 66.7 cm³/mol. The summed E-state index contributed by atoms with van der Waals surface area (Å²) >= 11 is 0. The smallest absolute Gasteiger partial charge is 0.319 e. The molecule has 0 fully saturated rings. The maximum absolute atomic E-state index is 11.2. The molecule has 4 nitrogen and oxygen atoms in total. The van der Waals surface area contributed by atoms with E-state index in [0.717, 1.165) is 25.8 Å². The highest BCUT2D eigenvalue weighted by Crippen LogP contribution is 1.95. The molecule has 0 saturated heterocycles. The number of unbranched alkanes of at least 4 members (excludes halogenated alkanes) is 1. The molecule has 0 unspecified atom stereocenters. The normalized spacial score (nSPS) is 10.2. The summed E-state index contributed by atoms with van der Waals surface area (Å²) in [6.45, 7) is 3.64. The van der Waals surface area contributed by atoms with E-state index in [1.165, 1.54) is 5.56 Å².